The molecular weight excluding hydrogens is 1350 g/mol. The third kappa shape index (κ3) is 5.94. The number of hydrogen-bond donors (Lipinski definition) is 0. The Hall–Kier alpha value is -8.28. The standard InChI is InChI=1S/2C41H32O2Si.2ClH.Hf/c2*1-26-20-22-38(42-26)34-18-10-8-16-32(34)36-24-28-12-4-6-14-30(28)40(36)44(3)41-31-15-7-5-13-29(31)25-37(41)33-17-9-11-19-35(33)39-23-21-27(2)43-39;;;/h2*4-25,44H,1-3H3;2*1H;/q;;;;+2/p-2. The van der Waals surface area contributed by atoms with Crippen molar-refractivity contribution in [1.29, 1.82) is 0 Å². The third-order valence-electron chi connectivity index (χ3n) is 23.5. The van der Waals surface area contributed by atoms with Crippen LogP contribution in [0.5, 0.6) is 0 Å². The van der Waals surface area contributed by atoms with Crippen LogP contribution in [0.4, 0.5) is 0 Å². The van der Waals surface area contributed by atoms with Gasteiger partial charge in [0.05, 0.1) is 0 Å². The summed E-state index contributed by atoms with van der Waals surface area (Å²) in [6.45, 7) is 13.5. The third-order valence-corrected chi connectivity index (χ3v) is 138. The fraction of sp³-hybridized carbons (Fsp3) is 0.122. The van der Waals surface area contributed by atoms with E-state index in [0.29, 0.717) is 0 Å². The van der Waals surface area contributed by atoms with Gasteiger partial charge in [0.15, 0.2) is 0 Å². The molecule has 2 saturated heterocycles. The van der Waals surface area contributed by atoms with Crippen molar-refractivity contribution in [1.82, 2.24) is 0 Å². The number of furan rings is 4. The predicted molar refractivity (Wildman–Crippen MR) is 377 cm³/mol. The van der Waals surface area contributed by atoms with Gasteiger partial charge in [-0.25, -0.2) is 0 Å². The molecule has 18 rings (SSSR count). The topological polar surface area (TPSA) is 52.6 Å². The minimum absolute atomic E-state index is 0.805. The van der Waals surface area contributed by atoms with Crippen molar-refractivity contribution >= 4 is 81.3 Å². The maximum atomic E-state index is 11.9. The van der Waals surface area contributed by atoms with Crippen molar-refractivity contribution < 1.29 is 32.3 Å². The van der Waals surface area contributed by atoms with Crippen LogP contribution in [-0.4, -0.2) is 17.6 Å². The summed E-state index contributed by atoms with van der Waals surface area (Å²) >= 11 is -8.56. The molecule has 12 aromatic rings. The van der Waals surface area contributed by atoms with E-state index in [4.69, 9.17) is 17.7 Å². The van der Waals surface area contributed by atoms with Crippen LogP contribution in [0.1, 0.15) is 89.8 Å². The van der Waals surface area contributed by atoms with Crippen molar-refractivity contribution in [2.75, 3.05) is 0 Å². The second-order valence-electron chi connectivity index (χ2n) is 26.7. The van der Waals surface area contributed by atoms with E-state index >= 15 is 0 Å². The summed E-state index contributed by atoms with van der Waals surface area (Å²) in [7, 11) is 17.9. The molecule has 4 nitrogen and oxygen atoms in total. The summed E-state index contributed by atoms with van der Waals surface area (Å²) in [5.41, 5.74) is 22.6. The Morgan fingerprint density at radius 1 is 0.264 bits per heavy atom. The van der Waals surface area contributed by atoms with Crippen LogP contribution in [0, 0.1) is 27.7 Å². The average Bonchev–Trinajstić information content (AvgIpc) is 1.53. The second-order valence-corrected chi connectivity index (χ2v) is 81.0. The molecule has 4 atom stereocenters. The number of rotatable bonds is 8. The fourth-order valence-electron chi connectivity index (χ4n) is 21.4. The molecule has 2 aliphatic heterocycles. The SMILES string of the molecule is Cc1ccc(-c2ccccc2C2=Cc3ccccc3[C]23[SiH](C)[C]2(C(c4ccccc4-c4ccc(C)o4)=Cc4ccccc42)[Hf]32([Cl])([Cl])[C]3(C(c4ccccc4-c4ccc(C)o4)=Cc4ccccc43)[SiH](C)[C]23C(c2ccccc2-c2ccc(C)o2)=Cc2ccccc23)o1. The van der Waals surface area contributed by atoms with Crippen molar-refractivity contribution in [3.05, 3.63) is 332 Å². The van der Waals surface area contributed by atoms with Crippen molar-refractivity contribution in [3.63, 3.8) is 0 Å². The molecule has 8 aromatic carbocycles. The van der Waals surface area contributed by atoms with E-state index < -0.39 is 43.4 Å². The number of fused-ring (bicyclic) bond motifs is 12. The summed E-state index contributed by atoms with van der Waals surface area (Å²) in [5, 5.41) is 0. The van der Waals surface area contributed by atoms with Gasteiger partial charge in [-0.1, -0.05) is 0 Å². The predicted octanol–water partition coefficient (Wildman–Crippen LogP) is 21.5. The first-order valence-electron chi connectivity index (χ1n) is 31.9. The molecule has 0 saturated carbocycles. The maximum absolute atomic E-state index is 11.9. The van der Waals surface area contributed by atoms with E-state index in [1.165, 1.54) is 44.5 Å². The monoisotopic (exact) mass is 1420 g/mol. The van der Waals surface area contributed by atoms with Gasteiger partial charge in [-0.05, 0) is 0 Å². The summed E-state index contributed by atoms with van der Waals surface area (Å²) in [4.78, 5) is 0. The van der Waals surface area contributed by atoms with Crippen molar-refractivity contribution in [2.24, 2.45) is 0 Å². The van der Waals surface area contributed by atoms with Crippen molar-refractivity contribution in [2.45, 2.75) is 52.0 Å². The van der Waals surface area contributed by atoms with Crippen LogP contribution in [0.3, 0.4) is 0 Å². The number of benzene rings is 8. The Morgan fingerprint density at radius 2 is 0.462 bits per heavy atom. The summed E-state index contributed by atoms with van der Waals surface area (Å²) in [6.07, 6.45) is 10.2. The Morgan fingerprint density at radius 3 is 0.670 bits per heavy atom. The molecule has 0 amide bonds. The molecule has 4 aliphatic carbocycles. The molecule has 0 N–H and O–H groups in total. The quantitative estimate of drug-likeness (QED) is 0.142. The molecule has 6 aliphatic rings. The molecular formula is C82H64Cl2HfO4Si2. The number of allylic oxidation sites excluding steroid dienone is 4. The molecule has 4 unspecified atom stereocenters. The minimum atomic E-state index is -8.56. The first kappa shape index (κ1) is 55.6. The van der Waals surface area contributed by atoms with Crippen LogP contribution in [0.2, 0.25) is 13.1 Å². The van der Waals surface area contributed by atoms with E-state index in [1.807, 2.05) is 27.7 Å². The molecule has 442 valence electrons. The molecule has 4 aromatic heterocycles. The van der Waals surface area contributed by atoms with Gasteiger partial charge in [-0.15, -0.1) is 0 Å². The van der Waals surface area contributed by atoms with E-state index in [2.05, 4.69) is 280 Å². The van der Waals surface area contributed by atoms with Crippen molar-refractivity contribution in [3.8, 4) is 45.3 Å². The van der Waals surface area contributed by atoms with Gasteiger partial charge < -0.3 is 0 Å². The van der Waals surface area contributed by atoms with Crippen LogP contribution in [-0.2, 0) is 25.8 Å². The molecule has 0 radical (unpaired) electrons. The molecule has 9 heteroatoms. The molecule has 0 bridgehead atoms. The van der Waals surface area contributed by atoms with Gasteiger partial charge in [0.2, 0.25) is 0 Å². The van der Waals surface area contributed by atoms with Gasteiger partial charge in [-0.3, -0.25) is 0 Å². The Labute approximate surface area is 538 Å². The molecule has 91 heavy (non-hydrogen) atoms. The summed E-state index contributed by atoms with van der Waals surface area (Å²) in [6, 6.07) is 90.1. The first-order chi connectivity index (χ1) is 44.2. The zero-order valence-corrected chi connectivity index (χ0v) is 58.9. The van der Waals surface area contributed by atoms with Crippen LogP contribution in [0.25, 0.3) is 91.9 Å². The number of hydrogen-bond acceptors (Lipinski definition) is 4. The zero-order valence-electron chi connectivity index (χ0n) is 51.4. The van der Waals surface area contributed by atoms with Gasteiger partial charge in [0.25, 0.3) is 0 Å². The van der Waals surface area contributed by atoms with Crippen LogP contribution < -0.4 is 0 Å². The first-order valence-corrected chi connectivity index (χ1v) is 52.6. The van der Waals surface area contributed by atoms with Gasteiger partial charge >= 0.3 is 543 Å². The van der Waals surface area contributed by atoms with E-state index in [1.54, 1.807) is 0 Å². The average molecular weight is 1420 g/mol. The zero-order chi connectivity index (χ0) is 61.7. The molecule has 6 heterocycles. The summed E-state index contributed by atoms with van der Waals surface area (Å²) < 4.78 is 23.3. The molecule has 2 fully saturated rings. The Kier molecular flexibility index (Phi) is 11.4. The fourth-order valence-corrected chi connectivity index (χ4v) is 188. The second kappa shape index (κ2) is 18.7. The number of aryl methyl sites for hydroxylation is 4. The van der Waals surface area contributed by atoms with Crippen LogP contribution >= 0.6 is 17.2 Å². The Bertz CT molecular complexity index is 4660. The van der Waals surface area contributed by atoms with E-state index in [0.717, 1.165) is 113 Å². The number of halogens is 2. The Balaban J connectivity index is 1.14. The van der Waals surface area contributed by atoms with E-state index in [-0.39, 0.29) is 0 Å². The normalized spacial score (nSPS) is 25.1. The summed E-state index contributed by atoms with van der Waals surface area (Å²) in [5.74, 6) is 6.60. The van der Waals surface area contributed by atoms with Gasteiger partial charge in [-0.2, -0.15) is 0 Å². The van der Waals surface area contributed by atoms with Crippen LogP contribution in [0.15, 0.2) is 260 Å². The van der Waals surface area contributed by atoms with Gasteiger partial charge in [0, 0.05) is 0 Å². The molecule has 5 spiro atoms. The van der Waals surface area contributed by atoms with Gasteiger partial charge in [0.1, 0.15) is 0 Å². The van der Waals surface area contributed by atoms with E-state index in [9.17, 15) is 17.2 Å².